The van der Waals surface area contributed by atoms with Crippen LogP contribution in [0.15, 0.2) is 55.2 Å². The average molecular weight is 384 g/mol. The van der Waals surface area contributed by atoms with E-state index in [1.807, 2.05) is 41.1 Å². The molecule has 0 unspecified atom stereocenters. The Balaban J connectivity index is 1.74. The Labute approximate surface area is 133 Å². The normalized spacial score (nSPS) is 11.1. The highest BCUT2D eigenvalue weighted by atomic mass is 123. The van der Waals surface area contributed by atoms with E-state index in [4.69, 9.17) is 0 Å². The van der Waals surface area contributed by atoms with Crippen molar-refractivity contribution in [2.24, 2.45) is 0 Å². The Morgan fingerprint density at radius 1 is 1.05 bits per heavy atom. The average Bonchev–Trinajstić information content (AvgIpc) is 3.16. The van der Waals surface area contributed by atoms with E-state index >= 15 is 0 Å². The molecule has 0 amide bonds. The summed E-state index contributed by atoms with van der Waals surface area (Å²) >= 11 is 2.29. The molecule has 0 aliphatic rings. The van der Waals surface area contributed by atoms with Crippen LogP contribution in [0.5, 0.6) is 0 Å². The first-order valence-corrected chi connectivity index (χ1v) is 7.35. The lowest BCUT2D eigenvalue weighted by molar-refractivity contribution is 0.781. The maximum atomic E-state index is 4.60. The Kier molecular flexibility index (Phi) is 2.92. The van der Waals surface area contributed by atoms with Crippen LogP contribution < -0.4 is 0 Å². The summed E-state index contributed by atoms with van der Waals surface area (Å²) in [7, 11) is 0. The van der Waals surface area contributed by atoms with Crippen LogP contribution in [0.2, 0.25) is 0 Å². The second-order valence-electron chi connectivity index (χ2n) is 4.49. The topological polar surface area (TPSA) is 60.9 Å². The van der Waals surface area contributed by atoms with Gasteiger partial charge in [-0.3, -0.25) is 0 Å². The van der Waals surface area contributed by atoms with Gasteiger partial charge in [0.15, 0.2) is 5.82 Å². The minimum absolute atomic E-state index is 0.731. The Hall–Kier alpha value is -2.29. The van der Waals surface area contributed by atoms with Crippen molar-refractivity contribution >= 4 is 28.2 Å². The molecule has 102 valence electrons. The lowest BCUT2D eigenvalue weighted by Crippen LogP contribution is -1.97. The summed E-state index contributed by atoms with van der Waals surface area (Å²) in [6.45, 7) is 0. The summed E-state index contributed by atoms with van der Waals surface area (Å²) in [6.07, 6.45) is 9.23. The lowest BCUT2D eigenvalue weighted by Gasteiger charge is -2.00. The maximum Gasteiger partial charge on any atom is 0.155 e. The first-order chi connectivity index (χ1) is 10.3. The highest BCUT2D eigenvalue weighted by Crippen LogP contribution is 2.20. The molecule has 0 fully saturated rings. The highest BCUT2D eigenvalue weighted by Gasteiger charge is 2.06. The van der Waals surface area contributed by atoms with Gasteiger partial charge in [-0.1, -0.05) is 5.21 Å². The van der Waals surface area contributed by atoms with Gasteiger partial charge in [0.25, 0.3) is 0 Å². The summed E-state index contributed by atoms with van der Waals surface area (Å²) in [5.74, 6) is 0.731. The van der Waals surface area contributed by atoms with E-state index in [1.165, 1.54) is 3.57 Å². The van der Waals surface area contributed by atoms with Crippen LogP contribution in [-0.4, -0.2) is 29.4 Å². The fourth-order valence-corrected chi connectivity index (χ4v) is 2.59. The van der Waals surface area contributed by atoms with Gasteiger partial charge in [-0.05, 0) is 46.9 Å². The van der Waals surface area contributed by atoms with E-state index in [2.05, 4.69) is 42.9 Å². The molecule has 21 heavy (non-hydrogen) atoms. The molecule has 4 aromatic heterocycles. The molecule has 0 saturated heterocycles. The second-order valence-corrected chi connectivity index (χ2v) is 5.74. The van der Waals surface area contributed by atoms with Gasteiger partial charge in [0.05, 0.1) is 18.1 Å². The van der Waals surface area contributed by atoms with Gasteiger partial charge < -0.3 is 4.40 Å². The van der Waals surface area contributed by atoms with E-state index in [9.17, 15) is 0 Å². The third-order valence-electron chi connectivity index (χ3n) is 3.12. The van der Waals surface area contributed by atoms with Crippen LogP contribution in [-0.2, 0) is 0 Å². The molecule has 0 aliphatic carbocycles. The van der Waals surface area contributed by atoms with Crippen molar-refractivity contribution in [3.05, 3.63) is 58.8 Å². The van der Waals surface area contributed by atoms with Crippen molar-refractivity contribution in [3.8, 4) is 17.1 Å². The van der Waals surface area contributed by atoms with Gasteiger partial charge in [0.2, 0.25) is 0 Å². The number of hydrogen-bond donors (Lipinski definition) is 0. The van der Waals surface area contributed by atoms with Gasteiger partial charge in [0.1, 0.15) is 5.65 Å². The van der Waals surface area contributed by atoms with E-state index in [1.54, 1.807) is 23.3 Å². The van der Waals surface area contributed by atoms with Gasteiger partial charge >= 0.3 is 0 Å². The minimum Gasteiger partial charge on any atom is -0.305 e. The number of fused-ring (bicyclic) bond motifs is 1. The number of halogens is 1. The molecular formula is C14H9IN6. The molecule has 6 nitrogen and oxygen atoms in total. The zero-order chi connectivity index (χ0) is 14.2. The standard InChI is InChI=1S/C14H9IN6/c15-11-2-4-14-18-12(9-20(14)8-11)10-1-3-13(16-7-10)21-6-5-17-19-21/h1-9H/i15-4. The Bertz CT molecular complexity index is 895. The van der Waals surface area contributed by atoms with Crippen molar-refractivity contribution in [1.29, 1.82) is 0 Å². The number of pyridine rings is 2. The van der Waals surface area contributed by atoms with E-state index in [0.717, 1.165) is 22.7 Å². The Morgan fingerprint density at radius 3 is 2.76 bits per heavy atom. The molecular weight excluding hydrogens is 375 g/mol. The SMILES string of the molecule is [123I]c1ccc2nc(-c3ccc(-n4ccnn4)nc3)cn2c1. The number of imidazole rings is 1. The second kappa shape index (κ2) is 4.92. The van der Waals surface area contributed by atoms with Gasteiger partial charge in [-0.2, -0.15) is 0 Å². The quantitative estimate of drug-likeness (QED) is 0.499. The van der Waals surface area contributed by atoms with Gasteiger partial charge in [0, 0.05) is 27.7 Å². The summed E-state index contributed by atoms with van der Waals surface area (Å²) in [4.78, 5) is 9.00. The largest absolute Gasteiger partial charge is 0.305 e. The van der Waals surface area contributed by atoms with Crippen LogP contribution in [0.1, 0.15) is 0 Å². The molecule has 0 atom stereocenters. The minimum atomic E-state index is 0.731. The maximum absolute atomic E-state index is 4.60. The van der Waals surface area contributed by atoms with Crippen LogP contribution in [0.3, 0.4) is 0 Å². The van der Waals surface area contributed by atoms with Crippen LogP contribution >= 0.6 is 22.6 Å². The van der Waals surface area contributed by atoms with E-state index in [0.29, 0.717) is 0 Å². The molecule has 0 saturated carbocycles. The van der Waals surface area contributed by atoms with Gasteiger partial charge in [-0.25, -0.2) is 14.6 Å². The molecule has 0 bridgehead atoms. The van der Waals surface area contributed by atoms with Gasteiger partial charge in [-0.15, -0.1) is 5.10 Å². The van der Waals surface area contributed by atoms with Crippen molar-refractivity contribution in [3.63, 3.8) is 0 Å². The third-order valence-corrected chi connectivity index (χ3v) is 3.75. The predicted molar refractivity (Wildman–Crippen MR) is 86.1 cm³/mol. The summed E-state index contributed by atoms with van der Waals surface area (Å²) in [6, 6.07) is 7.93. The molecule has 0 aromatic carbocycles. The molecule has 0 spiro atoms. The van der Waals surface area contributed by atoms with Crippen molar-refractivity contribution in [2.75, 3.05) is 0 Å². The lowest BCUT2D eigenvalue weighted by atomic mass is 10.2. The smallest absolute Gasteiger partial charge is 0.155 e. The van der Waals surface area contributed by atoms with Crippen LogP contribution in [0.25, 0.3) is 22.7 Å². The number of hydrogen-bond acceptors (Lipinski definition) is 4. The zero-order valence-corrected chi connectivity index (χ0v) is 12.9. The molecule has 4 rings (SSSR count). The fourth-order valence-electron chi connectivity index (χ4n) is 2.11. The van der Waals surface area contributed by atoms with E-state index in [-0.39, 0.29) is 0 Å². The first-order valence-electron chi connectivity index (χ1n) is 6.27. The van der Waals surface area contributed by atoms with Crippen molar-refractivity contribution in [1.82, 2.24) is 29.4 Å². The molecule has 4 heterocycles. The molecule has 4 aromatic rings. The highest BCUT2D eigenvalue weighted by molar-refractivity contribution is 14.1. The van der Waals surface area contributed by atoms with E-state index < -0.39 is 0 Å². The van der Waals surface area contributed by atoms with Crippen molar-refractivity contribution in [2.45, 2.75) is 0 Å². The Morgan fingerprint density at radius 2 is 2.00 bits per heavy atom. The number of nitrogens with zero attached hydrogens (tertiary/aromatic N) is 6. The van der Waals surface area contributed by atoms with Crippen LogP contribution in [0.4, 0.5) is 0 Å². The van der Waals surface area contributed by atoms with Crippen molar-refractivity contribution < 1.29 is 0 Å². The number of aromatic nitrogens is 6. The zero-order valence-electron chi connectivity index (χ0n) is 10.8. The molecule has 0 N–H and O–H groups in total. The summed E-state index contributed by atoms with van der Waals surface area (Å²) in [5, 5.41) is 7.69. The number of rotatable bonds is 2. The predicted octanol–water partition coefficient (Wildman–Crippen LogP) is 2.58. The first kappa shape index (κ1) is 12.5. The fraction of sp³-hybridized carbons (Fsp3) is 0. The monoisotopic (exact) mass is 384 g/mol. The summed E-state index contributed by atoms with van der Waals surface area (Å²) < 4.78 is 4.81. The van der Waals surface area contributed by atoms with Crippen LogP contribution in [0, 0.1) is 3.57 Å². The summed E-state index contributed by atoms with van der Waals surface area (Å²) in [5.41, 5.74) is 2.79. The molecule has 0 radical (unpaired) electrons. The molecule has 7 heteroatoms. The third kappa shape index (κ3) is 2.29. The molecule has 0 aliphatic heterocycles.